The zero-order valence-corrected chi connectivity index (χ0v) is 17.9. The highest BCUT2D eigenvalue weighted by Gasteiger charge is 2.32. The van der Waals surface area contributed by atoms with E-state index in [1.165, 1.54) is 6.92 Å². The standard InChI is InChI=1S/C16H30N4O6S2/c1-4-7(2)11(17)14(23)20-12(8(3)21)15(24)18-9(5-27)13(22)19-10(6-28)16(25)26/h7-12,21,27-28H,4-6,17H2,1-3H3,(H,18,24)(H,19,22)(H,20,23)(H,25,26). The van der Waals surface area contributed by atoms with Crippen LogP contribution in [0.4, 0.5) is 0 Å². The molecule has 0 bridgehead atoms. The van der Waals surface area contributed by atoms with E-state index in [1.807, 2.05) is 6.92 Å². The largest absolute Gasteiger partial charge is 0.480 e. The summed E-state index contributed by atoms with van der Waals surface area (Å²) in [4.78, 5) is 47.9. The van der Waals surface area contributed by atoms with Gasteiger partial charge in [-0.05, 0) is 12.8 Å². The predicted molar refractivity (Wildman–Crippen MR) is 110 cm³/mol. The van der Waals surface area contributed by atoms with Crippen LogP contribution in [0.1, 0.15) is 27.2 Å². The maximum atomic E-state index is 12.5. The smallest absolute Gasteiger partial charge is 0.327 e. The quantitative estimate of drug-likeness (QED) is 0.165. The van der Waals surface area contributed by atoms with Crippen LogP contribution in [0, 0.1) is 5.92 Å². The Hall–Kier alpha value is -1.50. The van der Waals surface area contributed by atoms with Gasteiger partial charge in [0.15, 0.2) is 0 Å². The molecule has 0 aromatic rings. The van der Waals surface area contributed by atoms with E-state index in [1.54, 1.807) is 6.92 Å². The zero-order valence-electron chi connectivity index (χ0n) is 16.1. The molecule has 0 heterocycles. The van der Waals surface area contributed by atoms with Gasteiger partial charge in [0, 0.05) is 11.5 Å². The summed E-state index contributed by atoms with van der Waals surface area (Å²) in [6.45, 7) is 4.95. The van der Waals surface area contributed by atoms with Crippen molar-refractivity contribution < 1.29 is 29.4 Å². The van der Waals surface area contributed by atoms with Gasteiger partial charge in [-0.15, -0.1) is 0 Å². The topological polar surface area (TPSA) is 171 Å². The Kier molecular flexibility index (Phi) is 12.2. The van der Waals surface area contributed by atoms with Crippen LogP contribution >= 0.6 is 25.3 Å². The number of amides is 3. The monoisotopic (exact) mass is 438 g/mol. The van der Waals surface area contributed by atoms with Crippen LogP contribution < -0.4 is 21.7 Å². The van der Waals surface area contributed by atoms with Crippen molar-refractivity contribution in [3.05, 3.63) is 0 Å². The van der Waals surface area contributed by atoms with E-state index in [4.69, 9.17) is 10.8 Å². The van der Waals surface area contributed by atoms with Crippen molar-refractivity contribution in [2.75, 3.05) is 11.5 Å². The minimum absolute atomic E-state index is 0.136. The highest BCUT2D eigenvalue weighted by atomic mass is 32.1. The Morgan fingerprint density at radius 1 is 0.929 bits per heavy atom. The van der Waals surface area contributed by atoms with E-state index in [2.05, 4.69) is 41.2 Å². The van der Waals surface area contributed by atoms with Crippen LogP contribution in [0.5, 0.6) is 0 Å². The lowest BCUT2D eigenvalue weighted by Gasteiger charge is -2.26. The summed E-state index contributed by atoms with van der Waals surface area (Å²) in [5.41, 5.74) is 5.83. The number of carbonyl (C=O) groups excluding carboxylic acids is 3. The minimum atomic E-state index is -1.35. The molecule has 0 aromatic carbocycles. The van der Waals surface area contributed by atoms with E-state index in [-0.39, 0.29) is 17.4 Å². The maximum absolute atomic E-state index is 12.5. The lowest BCUT2D eigenvalue weighted by atomic mass is 9.98. The fourth-order valence-corrected chi connectivity index (χ4v) is 2.59. The Morgan fingerprint density at radius 2 is 1.43 bits per heavy atom. The van der Waals surface area contributed by atoms with Crippen molar-refractivity contribution in [1.29, 1.82) is 0 Å². The van der Waals surface area contributed by atoms with Gasteiger partial charge in [-0.1, -0.05) is 20.3 Å². The second-order valence-electron chi connectivity index (χ2n) is 6.46. The molecule has 0 radical (unpaired) electrons. The average Bonchev–Trinajstić information content (AvgIpc) is 2.65. The number of aliphatic hydroxyl groups excluding tert-OH is 1. The van der Waals surface area contributed by atoms with Crippen LogP contribution in [-0.2, 0) is 19.2 Å². The second-order valence-corrected chi connectivity index (χ2v) is 7.19. The molecule has 0 aliphatic heterocycles. The molecular weight excluding hydrogens is 408 g/mol. The Labute approximate surface area is 175 Å². The summed E-state index contributed by atoms with van der Waals surface area (Å²) in [6, 6.07) is -4.64. The molecule has 0 rings (SSSR count). The first-order chi connectivity index (χ1) is 13.0. The summed E-state index contributed by atoms with van der Waals surface area (Å²) in [6.07, 6.45) is -0.612. The molecule has 162 valence electrons. The van der Waals surface area contributed by atoms with E-state index in [9.17, 15) is 24.3 Å². The number of nitrogens with two attached hydrogens (primary N) is 1. The maximum Gasteiger partial charge on any atom is 0.327 e. The average molecular weight is 439 g/mol. The first-order valence-electron chi connectivity index (χ1n) is 8.79. The minimum Gasteiger partial charge on any atom is -0.480 e. The van der Waals surface area contributed by atoms with Crippen molar-refractivity contribution in [1.82, 2.24) is 16.0 Å². The van der Waals surface area contributed by atoms with Gasteiger partial charge in [-0.2, -0.15) is 25.3 Å². The third-order valence-electron chi connectivity index (χ3n) is 4.24. The van der Waals surface area contributed by atoms with Gasteiger partial charge in [0.2, 0.25) is 17.7 Å². The van der Waals surface area contributed by atoms with E-state index in [0.29, 0.717) is 6.42 Å². The highest BCUT2D eigenvalue weighted by Crippen LogP contribution is 2.06. The number of hydrogen-bond acceptors (Lipinski definition) is 8. The lowest BCUT2D eigenvalue weighted by molar-refractivity contribution is -0.141. The first kappa shape index (κ1) is 26.5. The number of carboxylic acid groups (broad SMARTS) is 1. The molecule has 3 amide bonds. The third kappa shape index (κ3) is 8.25. The number of rotatable bonds is 12. The summed E-state index contributed by atoms with van der Waals surface area (Å²) in [5.74, 6) is -3.91. The third-order valence-corrected chi connectivity index (χ3v) is 4.97. The van der Waals surface area contributed by atoms with Crippen LogP contribution in [0.2, 0.25) is 0 Å². The number of hydrogen-bond donors (Lipinski definition) is 8. The second kappa shape index (κ2) is 12.9. The number of aliphatic carboxylic acids is 1. The van der Waals surface area contributed by atoms with Crippen LogP contribution in [0.3, 0.4) is 0 Å². The molecular formula is C16H30N4O6S2. The molecule has 6 unspecified atom stereocenters. The molecule has 0 fully saturated rings. The summed E-state index contributed by atoms with van der Waals surface area (Å²) in [7, 11) is 0. The van der Waals surface area contributed by atoms with Gasteiger partial charge in [0.25, 0.3) is 0 Å². The Morgan fingerprint density at radius 3 is 1.82 bits per heavy atom. The molecule has 0 spiro atoms. The van der Waals surface area contributed by atoms with Crippen molar-refractivity contribution >= 4 is 48.9 Å². The highest BCUT2D eigenvalue weighted by molar-refractivity contribution is 7.80. The predicted octanol–water partition coefficient (Wildman–Crippen LogP) is -1.86. The molecule has 10 nitrogen and oxygen atoms in total. The number of carbonyl (C=O) groups is 4. The van der Waals surface area contributed by atoms with Gasteiger partial charge < -0.3 is 31.9 Å². The van der Waals surface area contributed by atoms with Crippen molar-refractivity contribution in [3.63, 3.8) is 0 Å². The number of thiol groups is 2. The normalized spacial score (nSPS) is 17.4. The molecule has 0 aliphatic rings. The van der Waals surface area contributed by atoms with Gasteiger partial charge in [-0.25, -0.2) is 4.79 Å². The van der Waals surface area contributed by atoms with Crippen molar-refractivity contribution in [2.45, 2.75) is 57.5 Å². The van der Waals surface area contributed by atoms with E-state index < -0.39 is 54.0 Å². The fourth-order valence-electron chi connectivity index (χ4n) is 2.08. The van der Waals surface area contributed by atoms with E-state index >= 15 is 0 Å². The Bertz CT molecular complexity index is 563. The Balaban J connectivity index is 5.12. The van der Waals surface area contributed by atoms with Gasteiger partial charge in [-0.3, -0.25) is 14.4 Å². The van der Waals surface area contributed by atoms with Crippen LogP contribution in [-0.4, -0.2) is 75.7 Å². The molecule has 6 atom stereocenters. The fraction of sp³-hybridized carbons (Fsp3) is 0.750. The summed E-state index contributed by atoms with van der Waals surface area (Å²) < 4.78 is 0. The van der Waals surface area contributed by atoms with Crippen LogP contribution in [0.25, 0.3) is 0 Å². The van der Waals surface area contributed by atoms with Crippen molar-refractivity contribution in [3.8, 4) is 0 Å². The van der Waals surface area contributed by atoms with E-state index in [0.717, 1.165) is 0 Å². The van der Waals surface area contributed by atoms with Gasteiger partial charge in [0.1, 0.15) is 18.1 Å². The molecule has 0 saturated carbocycles. The van der Waals surface area contributed by atoms with Crippen LogP contribution in [0.15, 0.2) is 0 Å². The van der Waals surface area contributed by atoms with Crippen molar-refractivity contribution in [2.24, 2.45) is 11.7 Å². The first-order valence-corrected chi connectivity index (χ1v) is 10.1. The van der Waals surface area contributed by atoms with Gasteiger partial charge >= 0.3 is 5.97 Å². The molecule has 28 heavy (non-hydrogen) atoms. The molecule has 0 aromatic heterocycles. The number of aliphatic hydroxyl groups is 1. The number of carboxylic acids is 1. The number of nitrogens with one attached hydrogen (secondary N) is 3. The zero-order chi connectivity index (χ0) is 22.0. The molecule has 7 N–H and O–H groups in total. The van der Waals surface area contributed by atoms with Gasteiger partial charge in [0.05, 0.1) is 12.1 Å². The SMILES string of the molecule is CCC(C)C(N)C(=O)NC(C(=O)NC(CS)C(=O)NC(CS)C(=O)O)C(C)O. The molecule has 0 saturated heterocycles. The lowest BCUT2D eigenvalue weighted by Crippen LogP contribution is -2.60. The molecule has 12 heteroatoms. The summed E-state index contributed by atoms with van der Waals surface area (Å²) >= 11 is 7.83. The molecule has 0 aliphatic carbocycles. The summed E-state index contributed by atoms with van der Waals surface area (Å²) in [5, 5.41) is 25.8.